The molecular formula is C13H16N4O. The van der Waals surface area contributed by atoms with E-state index < -0.39 is 0 Å². The number of likely N-dealkylation sites (N-methyl/N-ethyl adjacent to an activating group) is 1. The highest BCUT2D eigenvalue weighted by Gasteiger charge is 2.32. The number of rotatable bonds is 2. The van der Waals surface area contributed by atoms with Gasteiger partial charge in [0.25, 0.3) is 0 Å². The van der Waals surface area contributed by atoms with Gasteiger partial charge in [-0.25, -0.2) is 4.98 Å². The van der Waals surface area contributed by atoms with Crippen molar-refractivity contribution in [1.29, 1.82) is 5.26 Å². The number of carbonyl (C=O) groups is 1. The average molecular weight is 244 g/mol. The third kappa shape index (κ3) is 2.28. The van der Waals surface area contributed by atoms with E-state index in [9.17, 15) is 4.79 Å². The molecule has 0 aliphatic carbocycles. The predicted molar refractivity (Wildman–Crippen MR) is 68.0 cm³/mol. The average Bonchev–Trinajstić information content (AvgIpc) is 2.86. The molecule has 5 heteroatoms. The van der Waals surface area contributed by atoms with E-state index in [0.717, 1.165) is 19.4 Å². The van der Waals surface area contributed by atoms with Gasteiger partial charge in [0.15, 0.2) is 0 Å². The first-order chi connectivity index (χ1) is 8.63. The zero-order valence-corrected chi connectivity index (χ0v) is 10.6. The summed E-state index contributed by atoms with van der Waals surface area (Å²) in [5, 5.41) is 8.86. The number of aromatic nitrogens is 1. The molecule has 5 nitrogen and oxygen atoms in total. The highest BCUT2D eigenvalue weighted by Crippen LogP contribution is 2.24. The molecule has 1 aromatic rings. The Morgan fingerprint density at radius 1 is 1.56 bits per heavy atom. The Labute approximate surface area is 107 Å². The van der Waals surface area contributed by atoms with E-state index in [1.54, 1.807) is 31.1 Å². The van der Waals surface area contributed by atoms with Crippen molar-refractivity contribution >= 4 is 11.7 Å². The van der Waals surface area contributed by atoms with Crippen LogP contribution in [0.1, 0.15) is 18.5 Å². The summed E-state index contributed by atoms with van der Waals surface area (Å²) >= 11 is 0. The SMILES string of the molecule is CN(C)C(=O)C1CCCN1c1cccc(C#N)n1. The number of amides is 1. The highest BCUT2D eigenvalue weighted by molar-refractivity contribution is 5.85. The highest BCUT2D eigenvalue weighted by atomic mass is 16.2. The lowest BCUT2D eigenvalue weighted by molar-refractivity contribution is -0.129. The molecule has 1 aliphatic rings. The molecule has 1 amide bonds. The first kappa shape index (κ1) is 12.4. The number of hydrogen-bond acceptors (Lipinski definition) is 4. The van der Waals surface area contributed by atoms with Gasteiger partial charge in [-0.3, -0.25) is 4.79 Å². The van der Waals surface area contributed by atoms with Gasteiger partial charge in [0.1, 0.15) is 23.6 Å². The van der Waals surface area contributed by atoms with Gasteiger partial charge in [-0.05, 0) is 25.0 Å². The molecule has 1 atom stereocenters. The van der Waals surface area contributed by atoms with Gasteiger partial charge < -0.3 is 9.80 Å². The number of carbonyl (C=O) groups excluding carboxylic acids is 1. The van der Waals surface area contributed by atoms with Gasteiger partial charge in [-0.2, -0.15) is 5.26 Å². The van der Waals surface area contributed by atoms with Crippen LogP contribution in [-0.2, 0) is 4.79 Å². The van der Waals surface area contributed by atoms with Crippen LogP contribution in [-0.4, -0.2) is 42.5 Å². The topological polar surface area (TPSA) is 60.2 Å². The Balaban J connectivity index is 2.26. The molecule has 0 saturated carbocycles. The molecule has 1 aliphatic heterocycles. The van der Waals surface area contributed by atoms with Gasteiger partial charge in [0.2, 0.25) is 5.91 Å². The fraction of sp³-hybridized carbons (Fsp3) is 0.462. The van der Waals surface area contributed by atoms with Gasteiger partial charge >= 0.3 is 0 Å². The van der Waals surface area contributed by atoms with Crippen molar-refractivity contribution in [2.45, 2.75) is 18.9 Å². The standard InChI is InChI=1S/C13H16N4O/c1-16(2)13(18)11-6-4-8-17(11)12-7-3-5-10(9-14)15-12/h3,5,7,11H,4,6,8H2,1-2H3. The molecule has 1 unspecified atom stereocenters. The van der Waals surface area contributed by atoms with E-state index >= 15 is 0 Å². The van der Waals surface area contributed by atoms with Crippen LogP contribution in [0.15, 0.2) is 18.2 Å². The molecule has 0 radical (unpaired) electrons. The molecule has 2 rings (SSSR count). The molecule has 1 aromatic heterocycles. The van der Waals surface area contributed by atoms with E-state index in [0.29, 0.717) is 11.5 Å². The molecule has 0 aromatic carbocycles. The van der Waals surface area contributed by atoms with E-state index in [4.69, 9.17) is 5.26 Å². The largest absolute Gasteiger partial charge is 0.347 e. The Kier molecular flexibility index (Phi) is 3.47. The summed E-state index contributed by atoms with van der Waals surface area (Å²) in [6.45, 7) is 0.812. The van der Waals surface area contributed by atoms with Crippen LogP contribution in [0.5, 0.6) is 0 Å². The van der Waals surface area contributed by atoms with Crippen LogP contribution in [0.3, 0.4) is 0 Å². The molecule has 0 bridgehead atoms. The third-order valence-corrected chi connectivity index (χ3v) is 3.12. The lowest BCUT2D eigenvalue weighted by atomic mass is 10.2. The van der Waals surface area contributed by atoms with E-state index in [1.165, 1.54) is 0 Å². The molecule has 2 heterocycles. The monoisotopic (exact) mass is 244 g/mol. The molecule has 94 valence electrons. The van der Waals surface area contributed by atoms with Gasteiger partial charge in [0.05, 0.1) is 0 Å². The van der Waals surface area contributed by atoms with Crippen molar-refractivity contribution in [2.24, 2.45) is 0 Å². The molecule has 0 N–H and O–H groups in total. The molecule has 0 spiro atoms. The maximum absolute atomic E-state index is 12.1. The second-order valence-corrected chi connectivity index (χ2v) is 4.58. The lowest BCUT2D eigenvalue weighted by Crippen LogP contribution is -2.43. The quantitative estimate of drug-likeness (QED) is 0.779. The zero-order chi connectivity index (χ0) is 13.1. The summed E-state index contributed by atoms with van der Waals surface area (Å²) < 4.78 is 0. The number of anilines is 1. The van der Waals surface area contributed by atoms with Crippen molar-refractivity contribution in [3.05, 3.63) is 23.9 Å². The van der Waals surface area contributed by atoms with E-state index in [2.05, 4.69) is 4.98 Å². The van der Waals surface area contributed by atoms with Crippen LogP contribution in [0.4, 0.5) is 5.82 Å². The fourth-order valence-corrected chi connectivity index (χ4v) is 2.24. The van der Waals surface area contributed by atoms with Crippen LogP contribution >= 0.6 is 0 Å². The van der Waals surface area contributed by atoms with Gasteiger partial charge in [-0.1, -0.05) is 6.07 Å². The first-order valence-corrected chi connectivity index (χ1v) is 5.98. The molecule has 1 saturated heterocycles. The van der Waals surface area contributed by atoms with Crippen LogP contribution in [0.2, 0.25) is 0 Å². The summed E-state index contributed by atoms with van der Waals surface area (Å²) in [4.78, 5) is 19.9. The second-order valence-electron chi connectivity index (χ2n) is 4.58. The fourth-order valence-electron chi connectivity index (χ4n) is 2.24. The Morgan fingerprint density at radius 3 is 3.00 bits per heavy atom. The summed E-state index contributed by atoms with van der Waals surface area (Å²) in [5.41, 5.74) is 0.385. The van der Waals surface area contributed by atoms with Crippen molar-refractivity contribution in [3.63, 3.8) is 0 Å². The maximum Gasteiger partial charge on any atom is 0.244 e. The molecular weight excluding hydrogens is 228 g/mol. The van der Waals surface area contributed by atoms with E-state index in [1.807, 2.05) is 17.0 Å². The minimum Gasteiger partial charge on any atom is -0.347 e. The third-order valence-electron chi connectivity index (χ3n) is 3.12. The minimum absolute atomic E-state index is 0.0941. The van der Waals surface area contributed by atoms with Crippen LogP contribution < -0.4 is 4.90 Å². The smallest absolute Gasteiger partial charge is 0.244 e. The first-order valence-electron chi connectivity index (χ1n) is 5.98. The van der Waals surface area contributed by atoms with Crippen molar-refractivity contribution < 1.29 is 4.79 Å². The summed E-state index contributed by atoms with van der Waals surface area (Å²) in [7, 11) is 3.52. The van der Waals surface area contributed by atoms with Gasteiger partial charge in [-0.15, -0.1) is 0 Å². The normalized spacial score (nSPS) is 18.5. The van der Waals surface area contributed by atoms with Crippen molar-refractivity contribution in [1.82, 2.24) is 9.88 Å². The Morgan fingerprint density at radius 2 is 2.33 bits per heavy atom. The van der Waals surface area contributed by atoms with Crippen molar-refractivity contribution in [3.8, 4) is 6.07 Å². The predicted octanol–water partition coefficient (Wildman–Crippen LogP) is 1.01. The number of pyridine rings is 1. The minimum atomic E-state index is -0.151. The van der Waals surface area contributed by atoms with Gasteiger partial charge in [0, 0.05) is 20.6 Å². The number of nitriles is 1. The summed E-state index contributed by atoms with van der Waals surface area (Å²) in [6, 6.07) is 7.19. The Hall–Kier alpha value is -2.09. The maximum atomic E-state index is 12.1. The summed E-state index contributed by atoms with van der Waals surface area (Å²) in [6.07, 6.45) is 1.82. The Bertz CT molecular complexity index is 492. The second kappa shape index (κ2) is 5.05. The zero-order valence-electron chi connectivity index (χ0n) is 10.6. The lowest BCUT2D eigenvalue weighted by Gasteiger charge is -2.27. The van der Waals surface area contributed by atoms with Crippen LogP contribution in [0.25, 0.3) is 0 Å². The number of hydrogen-bond donors (Lipinski definition) is 0. The van der Waals surface area contributed by atoms with Crippen molar-refractivity contribution in [2.75, 3.05) is 25.5 Å². The van der Waals surface area contributed by atoms with Crippen LogP contribution in [0, 0.1) is 11.3 Å². The molecule has 18 heavy (non-hydrogen) atoms. The number of nitrogens with zero attached hydrogens (tertiary/aromatic N) is 4. The summed E-state index contributed by atoms with van der Waals surface area (Å²) in [5.74, 6) is 0.809. The molecule has 1 fully saturated rings. The van der Waals surface area contributed by atoms with E-state index in [-0.39, 0.29) is 11.9 Å².